The number of rotatable bonds is 40. The van der Waals surface area contributed by atoms with E-state index in [4.69, 9.17) is 18.5 Å². The zero-order valence-corrected chi connectivity index (χ0v) is 37.0. The zero-order valence-electron chi connectivity index (χ0n) is 36.1. The molecule has 0 rings (SSSR count). The van der Waals surface area contributed by atoms with Crippen LogP contribution in [0.3, 0.4) is 0 Å². The lowest BCUT2D eigenvalue weighted by Crippen LogP contribution is -2.37. The minimum atomic E-state index is -4.64. The van der Waals surface area contributed by atoms with Gasteiger partial charge in [-0.2, -0.15) is 0 Å². The topological polar surface area (TPSA) is 111 Å². The number of phosphoric acid groups is 1. The van der Waals surface area contributed by atoms with Crippen molar-refractivity contribution in [3.8, 4) is 0 Å². The van der Waals surface area contributed by atoms with E-state index in [-0.39, 0.29) is 26.1 Å². The first-order valence-electron chi connectivity index (χ1n) is 22.2. The van der Waals surface area contributed by atoms with E-state index in [9.17, 15) is 19.0 Å². The van der Waals surface area contributed by atoms with Gasteiger partial charge in [0.2, 0.25) is 0 Å². The summed E-state index contributed by atoms with van der Waals surface area (Å²) in [6, 6.07) is 0. The lowest BCUT2D eigenvalue weighted by molar-refractivity contribution is -0.870. The molecule has 2 atom stereocenters. The Labute approximate surface area is 338 Å². The highest BCUT2D eigenvalue weighted by Gasteiger charge is 2.21. The van der Waals surface area contributed by atoms with Crippen molar-refractivity contribution in [3.05, 3.63) is 36.5 Å². The molecule has 10 heteroatoms. The molecule has 0 saturated carbocycles. The molecule has 0 bridgehead atoms. The molecule has 0 N–H and O–H groups in total. The second-order valence-corrected chi connectivity index (χ2v) is 17.5. The third kappa shape index (κ3) is 41.7. The number of esters is 2. The van der Waals surface area contributed by atoms with Crippen LogP contribution in [0.25, 0.3) is 0 Å². The van der Waals surface area contributed by atoms with E-state index in [1.54, 1.807) is 0 Å². The lowest BCUT2D eigenvalue weighted by Gasteiger charge is -2.28. The van der Waals surface area contributed by atoms with Crippen molar-refractivity contribution in [1.29, 1.82) is 0 Å². The van der Waals surface area contributed by atoms with E-state index in [1.807, 2.05) is 39.4 Å². The fourth-order valence-electron chi connectivity index (χ4n) is 5.90. The average molecular weight is 798 g/mol. The number of unbranched alkanes of at least 4 members (excludes halogenated alkanes) is 20. The molecule has 0 aliphatic rings. The number of likely N-dealkylation sites (N-methyl/N-ethyl adjacent to an activating group) is 1. The van der Waals surface area contributed by atoms with Crippen LogP contribution in [0.5, 0.6) is 0 Å². The van der Waals surface area contributed by atoms with Gasteiger partial charge in [-0.05, 0) is 44.9 Å². The largest absolute Gasteiger partial charge is 0.756 e. The summed E-state index contributed by atoms with van der Waals surface area (Å²) in [5, 5.41) is 0. The van der Waals surface area contributed by atoms with Gasteiger partial charge in [-0.1, -0.05) is 166 Å². The molecular weight excluding hydrogens is 713 g/mol. The van der Waals surface area contributed by atoms with Gasteiger partial charge in [0, 0.05) is 12.8 Å². The van der Waals surface area contributed by atoms with Crippen LogP contribution in [-0.2, 0) is 32.7 Å². The Morgan fingerprint density at radius 1 is 0.564 bits per heavy atom. The number of carbonyl (C=O) groups is 2. The number of carbonyl (C=O) groups excluding carboxylic acids is 2. The van der Waals surface area contributed by atoms with Gasteiger partial charge >= 0.3 is 11.9 Å². The third-order valence-electron chi connectivity index (χ3n) is 9.41. The molecule has 0 spiro atoms. The van der Waals surface area contributed by atoms with E-state index >= 15 is 0 Å². The van der Waals surface area contributed by atoms with E-state index in [1.165, 1.54) is 122 Å². The quantitative estimate of drug-likeness (QED) is 0.0198. The van der Waals surface area contributed by atoms with Crippen molar-refractivity contribution in [1.82, 2.24) is 0 Å². The number of phosphoric ester groups is 1. The summed E-state index contributed by atoms with van der Waals surface area (Å²) in [4.78, 5) is 37.4. The van der Waals surface area contributed by atoms with Gasteiger partial charge in [0.1, 0.15) is 19.8 Å². The third-order valence-corrected chi connectivity index (χ3v) is 10.4. The van der Waals surface area contributed by atoms with Crippen molar-refractivity contribution in [2.75, 3.05) is 47.5 Å². The highest BCUT2D eigenvalue weighted by molar-refractivity contribution is 7.45. The first-order chi connectivity index (χ1) is 26.5. The van der Waals surface area contributed by atoms with Crippen LogP contribution in [0.1, 0.15) is 187 Å². The molecule has 322 valence electrons. The maximum Gasteiger partial charge on any atom is 0.306 e. The van der Waals surface area contributed by atoms with Crippen molar-refractivity contribution >= 4 is 19.8 Å². The van der Waals surface area contributed by atoms with Gasteiger partial charge in [-0.15, -0.1) is 0 Å². The number of quaternary nitrogens is 1. The first-order valence-corrected chi connectivity index (χ1v) is 23.7. The number of hydrogen-bond acceptors (Lipinski definition) is 8. The maximum absolute atomic E-state index is 12.6. The van der Waals surface area contributed by atoms with Gasteiger partial charge in [-0.25, -0.2) is 0 Å². The van der Waals surface area contributed by atoms with Crippen LogP contribution in [-0.4, -0.2) is 70.0 Å². The Kier molecular flexibility index (Phi) is 36.6. The normalized spacial score (nSPS) is 13.9. The summed E-state index contributed by atoms with van der Waals surface area (Å²) in [6.07, 6.45) is 42.0. The number of nitrogens with zero attached hydrogens (tertiary/aromatic N) is 1. The number of ether oxygens (including phenoxy) is 2. The summed E-state index contributed by atoms with van der Waals surface area (Å²) < 4.78 is 33.7. The predicted molar refractivity (Wildman–Crippen MR) is 227 cm³/mol. The summed E-state index contributed by atoms with van der Waals surface area (Å²) in [6.45, 7) is 4.12. The number of hydrogen-bond donors (Lipinski definition) is 0. The second kappa shape index (κ2) is 37.8. The number of allylic oxidation sites excluding steroid dienone is 6. The summed E-state index contributed by atoms with van der Waals surface area (Å²) in [5.74, 6) is -0.967. The standard InChI is InChI=1S/C45H84NO8P/c1-6-8-10-12-14-16-18-20-22-24-25-27-29-31-33-35-37-44(47)51-41-43(42-53-55(49,50)52-40-39-46(3,4)5)54-45(48)38-36-34-32-30-28-26-23-21-19-17-15-13-11-9-7-2/h26,28,31-34,43H,6-25,27,29-30,35-42H2,1-5H3/b28-26-,33-31-,34-32-. The molecule has 0 amide bonds. The van der Waals surface area contributed by atoms with Crippen molar-refractivity contribution < 1.29 is 42.1 Å². The van der Waals surface area contributed by atoms with Gasteiger partial charge in [0.05, 0.1) is 27.7 Å². The molecule has 0 fully saturated rings. The lowest BCUT2D eigenvalue weighted by atomic mass is 10.0. The van der Waals surface area contributed by atoms with Crippen molar-refractivity contribution in [3.63, 3.8) is 0 Å². The van der Waals surface area contributed by atoms with E-state index in [0.717, 1.165) is 25.7 Å². The minimum absolute atomic E-state index is 0.0444. The molecule has 0 saturated heterocycles. The predicted octanol–water partition coefficient (Wildman–Crippen LogP) is 11.9. The molecular formula is C45H84NO8P. The molecule has 55 heavy (non-hydrogen) atoms. The molecule has 0 heterocycles. The van der Waals surface area contributed by atoms with E-state index in [0.29, 0.717) is 23.9 Å². The van der Waals surface area contributed by atoms with Crippen molar-refractivity contribution in [2.24, 2.45) is 0 Å². The molecule has 0 aromatic rings. The molecule has 0 aromatic carbocycles. The Balaban J connectivity index is 4.46. The second-order valence-electron chi connectivity index (χ2n) is 16.1. The van der Waals surface area contributed by atoms with Crippen LogP contribution in [0.15, 0.2) is 36.5 Å². The van der Waals surface area contributed by atoms with Crippen molar-refractivity contribution in [2.45, 2.75) is 193 Å². The first kappa shape index (κ1) is 53.2. The SMILES string of the molecule is CCCCCCCCCC/C=C\C/C=C\CCC(=O)OC(COC(=O)CC/C=C\CCCCCCCCCCCCCC)COP(=O)([O-])OCC[N+](C)(C)C. The fourth-order valence-corrected chi connectivity index (χ4v) is 6.63. The summed E-state index contributed by atoms with van der Waals surface area (Å²) in [7, 11) is 1.12. The van der Waals surface area contributed by atoms with Gasteiger partial charge < -0.3 is 27.9 Å². The Bertz CT molecular complexity index is 1040. The van der Waals surface area contributed by atoms with Crippen LogP contribution < -0.4 is 4.89 Å². The van der Waals surface area contributed by atoms with Crippen LogP contribution in [0, 0.1) is 0 Å². The molecule has 9 nitrogen and oxygen atoms in total. The van der Waals surface area contributed by atoms with Gasteiger partial charge in [0.25, 0.3) is 7.82 Å². The van der Waals surface area contributed by atoms with Gasteiger partial charge in [-0.3, -0.25) is 14.2 Å². The van der Waals surface area contributed by atoms with Crippen LogP contribution in [0.4, 0.5) is 0 Å². The fraction of sp³-hybridized carbons (Fsp3) is 0.822. The summed E-state index contributed by atoms with van der Waals surface area (Å²) in [5.41, 5.74) is 0. The highest BCUT2D eigenvalue weighted by atomic mass is 31.2. The van der Waals surface area contributed by atoms with E-state index in [2.05, 4.69) is 32.1 Å². The summed E-state index contributed by atoms with van der Waals surface area (Å²) >= 11 is 0. The average Bonchev–Trinajstić information content (AvgIpc) is 3.13. The minimum Gasteiger partial charge on any atom is -0.756 e. The molecule has 2 unspecified atom stereocenters. The molecule has 0 radical (unpaired) electrons. The smallest absolute Gasteiger partial charge is 0.306 e. The molecule has 0 aliphatic heterocycles. The molecule has 0 aliphatic carbocycles. The zero-order chi connectivity index (χ0) is 40.7. The Morgan fingerprint density at radius 3 is 1.47 bits per heavy atom. The Morgan fingerprint density at radius 2 is 0.982 bits per heavy atom. The maximum atomic E-state index is 12.6. The molecule has 0 aromatic heterocycles. The van der Waals surface area contributed by atoms with Gasteiger partial charge in [0.15, 0.2) is 6.10 Å². The monoisotopic (exact) mass is 798 g/mol. The Hall–Kier alpha value is -1.77. The van der Waals surface area contributed by atoms with Crippen LogP contribution in [0.2, 0.25) is 0 Å². The van der Waals surface area contributed by atoms with Crippen LogP contribution >= 0.6 is 7.82 Å². The highest BCUT2D eigenvalue weighted by Crippen LogP contribution is 2.38. The van der Waals surface area contributed by atoms with E-state index < -0.39 is 32.5 Å².